The van der Waals surface area contributed by atoms with Gasteiger partial charge < -0.3 is 18.9 Å². The zero-order valence-corrected chi connectivity index (χ0v) is 25.5. The number of ketones is 1. The molecule has 2 saturated heterocycles. The predicted octanol–water partition coefficient (Wildman–Crippen LogP) is 7.23. The van der Waals surface area contributed by atoms with E-state index in [9.17, 15) is 9.18 Å². The largest absolute Gasteiger partial charge is 0.345 e. The van der Waals surface area contributed by atoms with Crippen LogP contribution in [0.2, 0.25) is 0 Å². The average Bonchev–Trinajstić information content (AvgIpc) is 3.37. The maximum absolute atomic E-state index is 14.6. The van der Waals surface area contributed by atoms with Gasteiger partial charge in [0.05, 0.1) is 23.9 Å². The maximum Gasteiger partial charge on any atom is 0.164 e. The van der Waals surface area contributed by atoms with Crippen molar-refractivity contribution in [2.45, 2.75) is 148 Å². The SMILES string of the molecule is CC(C)(F)CC[C@@H]1OC(C)(C)O[C@]1(C)[C@H]1CC=C2C3=CC(=O)[C@@H]4C[C@H]5OC(C)(C)O[C@H]5C[C@]4(C)[C@H]3CC[C@@]21C. The number of hydrogen-bond acceptors (Lipinski definition) is 5. The number of fused-ring (bicyclic) bond motifs is 6. The summed E-state index contributed by atoms with van der Waals surface area (Å²) in [5.41, 5.74) is 0.524. The first-order valence-electron chi connectivity index (χ1n) is 15.3. The Bertz CT molecular complexity index is 1120. The molecule has 0 N–H and O–H groups in total. The third-order valence-electron chi connectivity index (χ3n) is 11.4. The van der Waals surface area contributed by atoms with Crippen molar-refractivity contribution >= 4 is 5.78 Å². The van der Waals surface area contributed by atoms with Crippen molar-refractivity contribution in [3.8, 4) is 0 Å². The summed E-state index contributed by atoms with van der Waals surface area (Å²) in [4.78, 5) is 13.8. The van der Waals surface area contributed by atoms with Gasteiger partial charge in [-0.15, -0.1) is 0 Å². The molecule has 0 aromatic heterocycles. The molecule has 2 heterocycles. The van der Waals surface area contributed by atoms with Gasteiger partial charge in [-0.3, -0.25) is 4.79 Å². The molecule has 2 aliphatic heterocycles. The first kappa shape index (κ1) is 28.1. The Morgan fingerprint density at radius 2 is 1.67 bits per heavy atom. The average molecular weight is 545 g/mol. The fourth-order valence-corrected chi connectivity index (χ4v) is 9.82. The minimum Gasteiger partial charge on any atom is -0.345 e. The van der Waals surface area contributed by atoms with Gasteiger partial charge in [-0.2, -0.15) is 0 Å². The van der Waals surface area contributed by atoms with Gasteiger partial charge in [-0.1, -0.05) is 19.9 Å². The molecular formula is C33H49FO5. The molecule has 218 valence electrons. The van der Waals surface area contributed by atoms with Crippen LogP contribution in [0.4, 0.5) is 4.39 Å². The van der Waals surface area contributed by atoms with Crippen molar-refractivity contribution in [2.75, 3.05) is 0 Å². The Labute approximate surface area is 234 Å². The molecule has 4 fully saturated rings. The molecule has 0 aromatic rings. The van der Waals surface area contributed by atoms with Gasteiger partial charge in [0.15, 0.2) is 17.4 Å². The van der Waals surface area contributed by atoms with Crippen LogP contribution in [0.5, 0.6) is 0 Å². The highest BCUT2D eigenvalue weighted by atomic mass is 19.1. The molecule has 9 atom stereocenters. The molecule has 6 rings (SSSR count). The number of rotatable bonds is 4. The van der Waals surface area contributed by atoms with Gasteiger partial charge in [-0.25, -0.2) is 4.39 Å². The van der Waals surface area contributed by atoms with Crippen LogP contribution in [0.3, 0.4) is 0 Å². The lowest BCUT2D eigenvalue weighted by molar-refractivity contribution is -0.177. The van der Waals surface area contributed by atoms with Crippen molar-refractivity contribution in [3.05, 3.63) is 23.3 Å². The number of carbonyl (C=O) groups excluding carboxylic acids is 1. The van der Waals surface area contributed by atoms with E-state index in [1.165, 1.54) is 11.1 Å². The summed E-state index contributed by atoms with van der Waals surface area (Å²) >= 11 is 0. The van der Waals surface area contributed by atoms with Crippen LogP contribution in [0.15, 0.2) is 23.3 Å². The Morgan fingerprint density at radius 1 is 0.974 bits per heavy atom. The summed E-state index contributed by atoms with van der Waals surface area (Å²) in [6, 6.07) is 0. The second-order valence-electron chi connectivity index (χ2n) is 15.7. The standard InChI is InChI=1S/C33H49FO5/c1-28(2,34)14-13-27-33(9,39-30(5,6)38-27)26-11-10-20-19-16-23(35)22-17-24-25(37-29(3,4)36-24)18-32(22,8)21(19)12-15-31(20,26)7/h10,16,21-22,24-27H,11-15,17-18H2,1-9H3/t21-,22-,24+,25-,26-,27-,31-,32+,33+/m0/s1. The Morgan fingerprint density at radius 3 is 2.36 bits per heavy atom. The quantitative estimate of drug-likeness (QED) is 0.374. The second kappa shape index (κ2) is 8.49. The normalized spacial score (nSPS) is 48.1. The number of alkyl halides is 1. The zero-order chi connectivity index (χ0) is 28.4. The van der Waals surface area contributed by atoms with Crippen molar-refractivity contribution in [2.24, 2.45) is 28.6 Å². The molecule has 6 heteroatoms. The third-order valence-corrected chi connectivity index (χ3v) is 11.4. The first-order chi connectivity index (χ1) is 17.9. The molecule has 6 aliphatic rings. The first-order valence-corrected chi connectivity index (χ1v) is 15.3. The highest BCUT2D eigenvalue weighted by Gasteiger charge is 2.65. The molecule has 0 aromatic carbocycles. The number of carbonyl (C=O) groups is 1. The van der Waals surface area contributed by atoms with Crippen LogP contribution in [-0.4, -0.2) is 46.9 Å². The Balaban J connectivity index is 1.30. The molecule has 2 saturated carbocycles. The van der Waals surface area contributed by atoms with E-state index in [0.29, 0.717) is 18.8 Å². The summed E-state index contributed by atoms with van der Waals surface area (Å²) in [6.45, 7) is 18.1. The van der Waals surface area contributed by atoms with E-state index in [-0.39, 0.29) is 46.8 Å². The van der Waals surface area contributed by atoms with Crippen LogP contribution < -0.4 is 0 Å². The molecule has 0 bridgehead atoms. The lowest BCUT2D eigenvalue weighted by Gasteiger charge is -2.57. The van der Waals surface area contributed by atoms with E-state index in [2.05, 4.69) is 26.8 Å². The summed E-state index contributed by atoms with van der Waals surface area (Å²) in [5.74, 6) is -0.553. The topological polar surface area (TPSA) is 54.0 Å². The summed E-state index contributed by atoms with van der Waals surface area (Å²) in [5, 5.41) is 0. The van der Waals surface area contributed by atoms with Crippen molar-refractivity contribution in [1.29, 1.82) is 0 Å². The molecule has 0 spiro atoms. The van der Waals surface area contributed by atoms with Gasteiger partial charge >= 0.3 is 0 Å². The summed E-state index contributed by atoms with van der Waals surface area (Å²) < 4.78 is 40.3. The second-order valence-corrected chi connectivity index (χ2v) is 15.7. The molecule has 39 heavy (non-hydrogen) atoms. The number of hydrogen-bond donors (Lipinski definition) is 0. The minimum absolute atomic E-state index is 0.00467. The molecular weight excluding hydrogens is 495 g/mol. The van der Waals surface area contributed by atoms with Gasteiger partial charge in [0.1, 0.15) is 5.67 Å². The van der Waals surface area contributed by atoms with E-state index in [1.54, 1.807) is 13.8 Å². The Hall–Kier alpha value is -1.08. The van der Waals surface area contributed by atoms with E-state index >= 15 is 0 Å². The lowest BCUT2D eigenvalue weighted by atomic mass is 9.48. The zero-order valence-electron chi connectivity index (χ0n) is 25.5. The van der Waals surface area contributed by atoms with Gasteiger partial charge in [0.2, 0.25) is 0 Å². The van der Waals surface area contributed by atoms with E-state index < -0.39 is 22.8 Å². The fourth-order valence-electron chi connectivity index (χ4n) is 9.82. The molecule has 5 nitrogen and oxygen atoms in total. The lowest BCUT2D eigenvalue weighted by Crippen LogP contribution is -2.56. The van der Waals surface area contributed by atoms with Gasteiger partial charge in [-0.05, 0) is 127 Å². The molecule has 0 radical (unpaired) electrons. The fraction of sp³-hybridized carbons (Fsp3) is 0.848. The highest BCUT2D eigenvalue weighted by Crippen LogP contribution is 2.67. The molecule has 4 aliphatic carbocycles. The van der Waals surface area contributed by atoms with Crippen LogP contribution in [-0.2, 0) is 23.7 Å². The number of halogens is 1. The third kappa shape index (κ3) is 4.33. The summed E-state index contributed by atoms with van der Waals surface area (Å²) in [6.07, 6.45) is 9.85. The van der Waals surface area contributed by atoms with Crippen LogP contribution in [0.1, 0.15) is 107 Å². The number of allylic oxidation sites excluding steroid dienone is 4. The minimum atomic E-state index is -1.25. The predicted molar refractivity (Wildman–Crippen MR) is 148 cm³/mol. The smallest absolute Gasteiger partial charge is 0.164 e. The van der Waals surface area contributed by atoms with Crippen molar-refractivity contribution < 1.29 is 28.1 Å². The maximum atomic E-state index is 14.6. The van der Waals surface area contributed by atoms with Crippen LogP contribution >= 0.6 is 0 Å². The molecule has 0 amide bonds. The monoisotopic (exact) mass is 544 g/mol. The van der Waals surface area contributed by atoms with Gasteiger partial charge in [0, 0.05) is 11.8 Å². The van der Waals surface area contributed by atoms with Crippen LogP contribution in [0.25, 0.3) is 0 Å². The van der Waals surface area contributed by atoms with Crippen molar-refractivity contribution in [3.63, 3.8) is 0 Å². The van der Waals surface area contributed by atoms with Gasteiger partial charge in [0.25, 0.3) is 0 Å². The highest BCUT2D eigenvalue weighted by molar-refractivity contribution is 5.95. The Kier molecular flexibility index (Phi) is 6.11. The van der Waals surface area contributed by atoms with E-state index in [0.717, 1.165) is 32.1 Å². The van der Waals surface area contributed by atoms with E-state index in [1.807, 2.05) is 33.8 Å². The van der Waals surface area contributed by atoms with Crippen LogP contribution in [0, 0.1) is 28.6 Å². The number of ether oxygens (including phenoxy) is 4. The molecule has 0 unspecified atom stereocenters. The summed E-state index contributed by atoms with van der Waals surface area (Å²) in [7, 11) is 0. The van der Waals surface area contributed by atoms with E-state index in [4.69, 9.17) is 18.9 Å². The van der Waals surface area contributed by atoms with Crippen molar-refractivity contribution in [1.82, 2.24) is 0 Å².